The van der Waals surface area contributed by atoms with Gasteiger partial charge in [-0.25, -0.2) is 4.98 Å². The van der Waals surface area contributed by atoms with Crippen molar-refractivity contribution in [2.75, 3.05) is 18.9 Å². The Hall–Kier alpha value is -4.40. The van der Waals surface area contributed by atoms with E-state index in [-0.39, 0.29) is 18.4 Å². The molecular formula is C23H22N6O3. The molecule has 0 aliphatic heterocycles. The van der Waals surface area contributed by atoms with E-state index in [0.29, 0.717) is 28.8 Å². The number of ether oxygens (including phenoxy) is 1. The largest absolute Gasteiger partial charge is 0.439 e. The molecule has 0 saturated heterocycles. The summed E-state index contributed by atoms with van der Waals surface area (Å²) in [6.07, 6.45) is 1.59. The van der Waals surface area contributed by atoms with Crippen LogP contribution in [0.1, 0.15) is 16.1 Å². The Labute approximate surface area is 184 Å². The number of hydrogen-bond acceptors (Lipinski definition) is 6. The summed E-state index contributed by atoms with van der Waals surface area (Å²) in [4.78, 5) is 35.4. The van der Waals surface area contributed by atoms with Gasteiger partial charge in [0.2, 0.25) is 17.7 Å². The van der Waals surface area contributed by atoms with Gasteiger partial charge in [-0.3, -0.25) is 9.59 Å². The van der Waals surface area contributed by atoms with E-state index in [1.165, 1.54) is 7.05 Å². The molecule has 9 heteroatoms. The van der Waals surface area contributed by atoms with Crippen LogP contribution in [0.2, 0.25) is 0 Å². The molecule has 4 N–H and O–H groups in total. The lowest BCUT2D eigenvalue weighted by molar-refractivity contribution is -0.119. The van der Waals surface area contributed by atoms with E-state index in [0.717, 1.165) is 16.6 Å². The molecule has 32 heavy (non-hydrogen) atoms. The van der Waals surface area contributed by atoms with Gasteiger partial charge in [-0.1, -0.05) is 6.07 Å². The van der Waals surface area contributed by atoms with Crippen molar-refractivity contribution in [1.29, 1.82) is 0 Å². The van der Waals surface area contributed by atoms with E-state index >= 15 is 0 Å². The highest BCUT2D eigenvalue weighted by molar-refractivity contribution is 5.97. The number of nitrogens with one attached hydrogen (secondary N) is 4. The molecule has 0 spiro atoms. The molecule has 162 valence electrons. The van der Waals surface area contributed by atoms with Gasteiger partial charge in [0.15, 0.2) is 0 Å². The Balaban J connectivity index is 1.45. The summed E-state index contributed by atoms with van der Waals surface area (Å²) in [5, 5.41) is 9.13. The van der Waals surface area contributed by atoms with Crippen LogP contribution in [0, 0.1) is 6.92 Å². The van der Waals surface area contributed by atoms with Gasteiger partial charge in [-0.15, -0.1) is 0 Å². The smallest absolute Gasteiger partial charge is 0.251 e. The molecule has 2 amide bonds. The van der Waals surface area contributed by atoms with Gasteiger partial charge in [0.25, 0.3) is 5.91 Å². The third kappa shape index (κ3) is 5.01. The average Bonchev–Trinajstić information content (AvgIpc) is 3.17. The second-order valence-electron chi connectivity index (χ2n) is 7.08. The van der Waals surface area contributed by atoms with Crippen LogP contribution in [-0.4, -0.2) is 40.4 Å². The summed E-state index contributed by atoms with van der Waals surface area (Å²) < 4.78 is 5.89. The van der Waals surface area contributed by atoms with E-state index in [4.69, 9.17) is 4.74 Å². The predicted octanol–water partition coefficient (Wildman–Crippen LogP) is 3.28. The SMILES string of the molecule is CNC(=O)CNC(=O)c1cccc(Nc2nccc(Oc3ccc4[nH]c(C)cc4c3)n2)c1. The highest BCUT2D eigenvalue weighted by Crippen LogP contribution is 2.26. The van der Waals surface area contributed by atoms with Crippen molar-refractivity contribution in [3.8, 4) is 11.6 Å². The number of anilines is 2. The van der Waals surface area contributed by atoms with E-state index in [2.05, 4.69) is 30.9 Å². The predicted molar refractivity (Wildman–Crippen MR) is 121 cm³/mol. The number of carbonyl (C=O) groups is 2. The Morgan fingerprint density at radius 2 is 1.97 bits per heavy atom. The van der Waals surface area contributed by atoms with Crippen LogP contribution in [0.15, 0.2) is 60.8 Å². The number of amides is 2. The minimum Gasteiger partial charge on any atom is -0.439 e. The maximum Gasteiger partial charge on any atom is 0.251 e. The van der Waals surface area contributed by atoms with Crippen LogP contribution in [0.3, 0.4) is 0 Å². The van der Waals surface area contributed by atoms with Crippen LogP contribution in [0.4, 0.5) is 11.6 Å². The molecule has 4 aromatic rings. The molecule has 0 bridgehead atoms. The lowest BCUT2D eigenvalue weighted by Crippen LogP contribution is -2.35. The molecule has 9 nitrogen and oxygen atoms in total. The van der Waals surface area contributed by atoms with Gasteiger partial charge < -0.3 is 25.7 Å². The first-order valence-electron chi connectivity index (χ1n) is 9.96. The molecule has 2 aromatic carbocycles. The van der Waals surface area contributed by atoms with Gasteiger partial charge in [0.1, 0.15) is 5.75 Å². The molecule has 0 aliphatic carbocycles. The standard InChI is InChI=1S/C23H22N6O3/c1-14-10-16-12-18(6-7-19(16)27-14)32-21-8-9-25-23(29-21)28-17-5-3-4-15(11-17)22(31)26-13-20(30)24-2/h3-12,27H,13H2,1-2H3,(H,24,30)(H,26,31)(H,25,28,29). The normalized spacial score (nSPS) is 10.6. The van der Waals surface area contributed by atoms with E-state index in [9.17, 15) is 9.59 Å². The summed E-state index contributed by atoms with van der Waals surface area (Å²) in [6.45, 7) is 1.91. The number of H-pyrrole nitrogens is 1. The van der Waals surface area contributed by atoms with Crippen LogP contribution >= 0.6 is 0 Å². The van der Waals surface area contributed by atoms with Gasteiger partial charge >= 0.3 is 0 Å². The van der Waals surface area contributed by atoms with Crippen molar-refractivity contribution in [3.05, 3.63) is 72.1 Å². The minimum atomic E-state index is -0.356. The third-order valence-corrected chi connectivity index (χ3v) is 4.65. The van der Waals surface area contributed by atoms with Crippen LogP contribution in [0.25, 0.3) is 10.9 Å². The molecule has 0 aliphatic rings. The van der Waals surface area contributed by atoms with Crippen molar-refractivity contribution < 1.29 is 14.3 Å². The van der Waals surface area contributed by atoms with Gasteiger partial charge in [-0.05, 0) is 49.4 Å². The summed E-state index contributed by atoms with van der Waals surface area (Å²) in [5.74, 6) is 0.739. The Morgan fingerprint density at radius 3 is 2.81 bits per heavy atom. The number of aryl methyl sites for hydroxylation is 1. The summed E-state index contributed by atoms with van der Waals surface area (Å²) in [7, 11) is 1.51. The molecule has 0 fully saturated rings. The fraction of sp³-hybridized carbons (Fsp3) is 0.130. The molecule has 0 atom stereocenters. The first kappa shape index (κ1) is 20.9. The number of aromatic amines is 1. The number of aromatic nitrogens is 3. The second-order valence-corrected chi connectivity index (χ2v) is 7.08. The lowest BCUT2D eigenvalue weighted by Gasteiger charge is -2.09. The first-order valence-corrected chi connectivity index (χ1v) is 9.96. The first-order chi connectivity index (χ1) is 15.5. The Bertz CT molecular complexity index is 1280. The molecule has 0 saturated carbocycles. The maximum atomic E-state index is 12.2. The molecule has 2 heterocycles. The van der Waals surface area contributed by atoms with Crippen molar-refractivity contribution in [2.24, 2.45) is 0 Å². The van der Waals surface area contributed by atoms with E-state index in [1.54, 1.807) is 36.5 Å². The van der Waals surface area contributed by atoms with Crippen molar-refractivity contribution in [2.45, 2.75) is 6.92 Å². The van der Waals surface area contributed by atoms with E-state index < -0.39 is 0 Å². The Kier molecular flexibility index (Phi) is 5.98. The molecule has 2 aromatic heterocycles. The zero-order chi connectivity index (χ0) is 22.5. The average molecular weight is 430 g/mol. The zero-order valence-corrected chi connectivity index (χ0v) is 17.6. The monoisotopic (exact) mass is 430 g/mol. The van der Waals surface area contributed by atoms with Gasteiger partial charge in [0, 0.05) is 47.2 Å². The second kappa shape index (κ2) is 9.17. The number of rotatable bonds is 7. The Morgan fingerprint density at radius 1 is 1.09 bits per heavy atom. The van der Waals surface area contributed by atoms with Crippen molar-refractivity contribution >= 4 is 34.4 Å². The highest BCUT2D eigenvalue weighted by atomic mass is 16.5. The number of hydrogen-bond donors (Lipinski definition) is 4. The summed E-state index contributed by atoms with van der Waals surface area (Å²) in [6, 6.07) is 16.3. The summed E-state index contributed by atoms with van der Waals surface area (Å²) >= 11 is 0. The number of nitrogens with zero attached hydrogens (tertiary/aromatic N) is 2. The third-order valence-electron chi connectivity index (χ3n) is 4.65. The van der Waals surface area contributed by atoms with Crippen LogP contribution in [-0.2, 0) is 4.79 Å². The number of benzene rings is 2. The number of likely N-dealkylation sites (N-methyl/N-ethyl adjacent to an activating group) is 1. The molecule has 4 rings (SSSR count). The summed E-state index contributed by atoms with van der Waals surface area (Å²) in [5.41, 5.74) is 3.15. The fourth-order valence-electron chi connectivity index (χ4n) is 3.12. The lowest BCUT2D eigenvalue weighted by atomic mass is 10.2. The van der Waals surface area contributed by atoms with E-state index in [1.807, 2.05) is 31.2 Å². The molecular weight excluding hydrogens is 408 g/mol. The van der Waals surface area contributed by atoms with Gasteiger partial charge in [-0.2, -0.15) is 4.98 Å². The molecule has 0 unspecified atom stereocenters. The quantitative estimate of drug-likeness (QED) is 0.357. The topological polar surface area (TPSA) is 121 Å². The minimum absolute atomic E-state index is 0.0937. The van der Waals surface area contributed by atoms with Crippen LogP contribution in [0.5, 0.6) is 11.6 Å². The van der Waals surface area contributed by atoms with Gasteiger partial charge in [0.05, 0.1) is 6.54 Å². The van der Waals surface area contributed by atoms with Crippen LogP contribution < -0.4 is 20.7 Å². The number of fused-ring (bicyclic) bond motifs is 1. The maximum absolute atomic E-state index is 12.2. The zero-order valence-electron chi connectivity index (χ0n) is 17.6. The highest BCUT2D eigenvalue weighted by Gasteiger charge is 2.09. The van der Waals surface area contributed by atoms with Crippen molar-refractivity contribution in [3.63, 3.8) is 0 Å². The molecule has 0 radical (unpaired) electrons. The van der Waals surface area contributed by atoms with Crippen molar-refractivity contribution in [1.82, 2.24) is 25.6 Å². The fourth-order valence-corrected chi connectivity index (χ4v) is 3.12. The number of carbonyl (C=O) groups excluding carboxylic acids is 2.